The van der Waals surface area contributed by atoms with Crippen molar-refractivity contribution in [2.75, 3.05) is 13.1 Å². The summed E-state index contributed by atoms with van der Waals surface area (Å²) in [6.07, 6.45) is 0.920. The molecule has 2 amide bonds. The Kier molecular flexibility index (Phi) is 6.95. The molecule has 4 nitrogen and oxygen atoms in total. The van der Waals surface area contributed by atoms with Gasteiger partial charge in [0.25, 0.3) is 0 Å². The van der Waals surface area contributed by atoms with Crippen LogP contribution >= 0.6 is 0 Å². The van der Waals surface area contributed by atoms with E-state index in [1.807, 2.05) is 53.4 Å². The summed E-state index contributed by atoms with van der Waals surface area (Å²) in [6, 6.07) is 26.4. The average molecular weight is 431 g/mol. The molecule has 5 heteroatoms. The third-order valence-corrected chi connectivity index (χ3v) is 5.92. The summed E-state index contributed by atoms with van der Waals surface area (Å²) < 4.78 is 14.0. The number of hydrogen-bond donors (Lipinski definition) is 0. The zero-order valence-corrected chi connectivity index (χ0v) is 18.0. The molecule has 0 aliphatic carbocycles. The molecule has 1 heterocycles. The number of benzene rings is 3. The number of amides is 2. The van der Waals surface area contributed by atoms with E-state index in [0.29, 0.717) is 25.2 Å². The Balaban J connectivity index is 1.45. The van der Waals surface area contributed by atoms with Gasteiger partial charge in [0.05, 0.1) is 5.92 Å². The van der Waals surface area contributed by atoms with Gasteiger partial charge >= 0.3 is 0 Å². The van der Waals surface area contributed by atoms with Crippen LogP contribution in [0, 0.1) is 11.7 Å². The third kappa shape index (κ3) is 5.41. The second-order valence-corrected chi connectivity index (χ2v) is 8.25. The van der Waals surface area contributed by atoms with E-state index in [1.165, 1.54) is 11.6 Å². The molecule has 0 saturated carbocycles. The molecular formula is C27H27FN2O2. The number of hydrogen-bond acceptors (Lipinski definition) is 2. The fraction of sp³-hybridized carbons (Fsp3) is 0.259. The molecule has 32 heavy (non-hydrogen) atoms. The molecule has 0 spiro atoms. The number of carbonyl (C=O) groups excluding carboxylic acids is 2. The van der Waals surface area contributed by atoms with Gasteiger partial charge in [0.2, 0.25) is 11.8 Å². The smallest absolute Gasteiger partial charge is 0.228 e. The van der Waals surface area contributed by atoms with Gasteiger partial charge in [0.1, 0.15) is 5.82 Å². The first kappa shape index (κ1) is 21.8. The molecule has 1 atom stereocenters. The van der Waals surface area contributed by atoms with E-state index in [1.54, 1.807) is 23.1 Å². The summed E-state index contributed by atoms with van der Waals surface area (Å²) in [4.78, 5) is 29.5. The standard InChI is InChI=1S/C27H27FN2O2/c28-25-14-8-7-13-23(25)19-30-20-24(17-26(30)31)27(32)29(18-22-11-5-2-6-12-22)16-15-21-9-3-1-4-10-21/h1-14,24H,15-20H2. The number of nitrogens with zero attached hydrogens (tertiary/aromatic N) is 2. The number of likely N-dealkylation sites (tertiary alicyclic amines) is 1. The second kappa shape index (κ2) is 10.2. The van der Waals surface area contributed by atoms with Gasteiger partial charge in [-0.3, -0.25) is 9.59 Å². The maximum Gasteiger partial charge on any atom is 0.228 e. The Hall–Kier alpha value is -3.47. The summed E-state index contributed by atoms with van der Waals surface area (Å²) in [5.41, 5.74) is 2.70. The fourth-order valence-corrected chi connectivity index (χ4v) is 4.16. The highest BCUT2D eigenvalue weighted by Crippen LogP contribution is 2.24. The number of rotatable bonds is 8. The zero-order chi connectivity index (χ0) is 22.3. The average Bonchev–Trinajstić information content (AvgIpc) is 3.19. The molecular weight excluding hydrogens is 403 g/mol. The van der Waals surface area contributed by atoms with Gasteiger partial charge in [-0.05, 0) is 23.6 Å². The van der Waals surface area contributed by atoms with Crippen molar-refractivity contribution in [1.82, 2.24) is 9.80 Å². The molecule has 1 fully saturated rings. The molecule has 1 aliphatic rings. The minimum absolute atomic E-state index is 0.0193. The first-order valence-corrected chi connectivity index (χ1v) is 11.0. The summed E-state index contributed by atoms with van der Waals surface area (Å²) in [7, 11) is 0. The summed E-state index contributed by atoms with van der Waals surface area (Å²) in [5.74, 6) is -0.860. The summed E-state index contributed by atoms with van der Waals surface area (Å²) in [6.45, 7) is 1.60. The van der Waals surface area contributed by atoms with Crippen LogP contribution in [0.25, 0.3) is 0 Å². The van der Waals surface area contributed by atoms with Crippen molar-refractivity contribution >= 4 is 11.8 Å². The Morgan fingerprint density at radius 2 is 1.53 bits per heavy atom. The Labute approximate surface area is 188 Å². The van der Waals surface area contributed by atoms with E-state index in [4.69, 9.17) is 0 Å². The van der Waals surface area contributed by atoms with E-state index in [0.717, 1.165) is 12.0 Å². The lowest BCUT2D eigenvalue weighted by atomic mass is 10.1. The maximum atomic E-state index is 14.0. The highest BCUT2D eigenvalue weighted by atomic mass is 19.1. The van der Waals surface area contributed by atoms with Crippen LogP contribution in [0.15, 0.2) is 84.9 Å². The largest absolute Gasteiger partial charge is 0.338 e. The van der Waals surface area contributed by atoms with Gasteiger partial charge in [-0.2, -0.15) is 0 Å². The van der Waals surface area contributed by atoms with E-state index in [9.17, 15) is 14.0 Å². The van der Waals surface area contributed by atoms with Crippen molar-refractivity contribution in [2.24, 2.45) is 5.92 Å². The van der Waals surface area contributed by atoms with Crippen LogP contribution in [0.2, 0.25) is 0 Å². The van der Waals surface area contributed by atoms with Gasteiger partial charge in [0, 0.05) is 38.2 Å². The fourth-order valence-electron chi connectivity index (χ4n) is 4.16. The topological polar surface area (TPSA) is 40.6 Å². The molecule has 0 aromatic heterocycles. The van der Waals surface area contributed by atoms with Crippen LogP contribution in [-0.2, 0) is 29.1 Å². The van der Waals surface area contributed by atoms with Crippen LogP contribution < -0.4 is 0 Å². The molecule has 0 N–H and O–H groups in total. The molecule has 0 radical (unpaired) electrons. The quantitative estimate of drug-likeness (QED) is 0.530. The van der Waals surface area contributed by atoms with Crippen molar-refractivity contribution < 1.29 is 14.0 Å². The van der Waals surface area contributed by atoms with Crippen molar-refractivity contribution in [3.63, 3.8) is 0 Å². The van der Waals surface area contributed by atoms with E-state index in [2.05, 4.69) is 12.1 Å². The van der Waals surface area contributed by atoms with Crippen molar-refractivity contribution in [3.8, 4) is 0 Å². The SMILES string of the molecule is O=C1CC(C(=O)N(CCc2ccccc2)Cc2ccccc2)CN1Cc1ccccc1F. The normalized spacial score (nSPS) is 15.7. The van der Waals surface area contributed by atoms with Gasteiger partial charge in [0.15, 0.2) is 0 Å². The van der Waals surface area contributed by atoms with Crippen molar-refractivity contribution in [3.05, 3.63) is 107 Å². The lowest BCUT2D eigenvalue weighted by Gasteiger charge is -2.26. The Morgan fingerprint density at radius 3 is 2.22 bits per heavy atom. The Morgan fingerprint density at radius 1 is 0.906 bits per heavy atom. The van der Waals surface area contributed by atoms with Crippen LogP contribution in [0.5, 0.6) is 0 Å². The molecule has 1 aliphatic heterocycles. The molecule has 3 aromatic carbocycles. The van der Waals surface area contributed by atoms with Gasteiger partial charge < -0.3 is 9.80 Å². The van der Waals surface area contributed by atoms with Crippen LogP contribution in [0.3, 0.4) is 0 Å². The van der Waals surface area contributed by atoms with Crippen molar-refractivity contribution in [1.29, 1.82) is 0 Å². The van der Waals surface area contributed by atoms with Gasteiger partial charge in [-0.25, -0.2) is 4.39 Å². The predicted octanol–water partition coefficient (Wildman–Crippen LogP) is 4.45. The third-order valence-electron chi connectivity index (χ3n) is 5.92. The van der Waals surface area contributed by atoms with Crippen LogP contribution in [0.1, 0.15) is 23.1 Å². The van der Waals surface area contributed by atoms with Crippen LogP contribution in [0.4, 0.5) is 4.39 Å². The monoisotopic (exact) mass is 430 g/mol. The number of halogens is 1. The first-order chi connectivity index (χ1) is 15.6. The summed E-state index contributed by atoms with van der Waals surface area (Å²) >= 11 is 0. The highest BCUT2D eigenvalue weighted by molar-refractivity contribution is 5.89. The second-order valence-electron chi connectivity index (χ2n) is 8.25. The maximum absolute atomic E-state index is 14.0. The van der Waals surface area contributed by atoms with Crippen LogP contribution in [-0.4, -0.2) is 34.7 Å². The Bertz CT molecular complexity index is 1060. The first-order valence-electron chi connectivity index (χ1n) is 11.0. The van der Waals surface area contributed by atoms with Gasteiger partial charge in [-0.1, -0.05) is 78.9 Å². The molecule has 1 saturated heterocycles. The van der Waals surface area contributed by atoms with Gasteiger partial charge in [-0.15, -0.1) is 0 Å². The highest BCUT2D eigenvalue weighted by Gasteiger charge is 2.36. The van der Waals surface area contributed by atoms with E-state index < -0.39 is 5.92 Å². The summed E-state index contributed by atoms with van der Waals surface area (Å²) in [5, 5.41) is 0. The lowest BCUT2D eigenvalue weighted by Crippen LogP contribution is -2.38. The molecule has 3 aromatic rings. The molecule has 0 bridgehead atoms. The van der Waals surface area contributed by atoms with Crippen molar-refractivity contribution in [2.45, 2.75) is 25.9 Å². The lowest BCUT2D eigenvalue weighted by molar-refractivity contribution is -0.136. The number of carbonyl (C=O) groups is 2. The van der Waals surface area contributed by atoms with E-state index >= 15 is 0 Å². The zero-order valence-electron chi connectivity index (χ0n) is 18.0. The molecule has 1 unspecified atom stereocenters. The minimum atomic E-state index is -0.409. The van der Waals surface area contributed by atoms with E-state index in [-0.39, 0.29) is 30.6 Å². The predicted molar refractivity (Wildman–Crippen MR) is 122 cm³/mol. The molecule has 4 rings (SSSR count). The molecule has 164 valence electrons. The minimum Gasteiger partial charge on any atom is -0.338 e.